The van der Waals surface area contributed by atoms with Gasteiger partial charge in [-0.3, -0.25) is 10.1 Å². The number of thioether (sulfide) groups is 1. The Morgan fingerprint density at radius 1 is 1.50 bits per heavy atom. The summed E-state index contributed by atoms with van der Waals surface area (Å²) >= 11 is 1.88. The maximum Gasteiger partial charge on any atom is 0.293 e. The molecule has 0 bridgehead atoms. The summed E-state index contributed by atoms with van der Waals surface area (Å²) < 4.78 is 22.9. The molecule has 0 aromatic heterocycles. The maximum atomic E-state index is 11.4. The smallest absolute Gasteiger partial charge is 0.293 e. The zero-order valence-electron chi connectivity index (χ0n) is 11.0. The van der Waals surface area contributed by atoms with Gasteiger partial charge in [-0.2, -0.15) is 11.8 Å². The summed E-state index contributed by atoms with van der Waals surface area (Å²) in [5.74, 6) is 2.69. The van der Waals surface area contributed by atoms with Crippen LogP contribution in [0.2, 0.25) is 0 Å². The molecule has 8 heteroatoms. The average molecular weight is 316 g/mol. The van der Waals surface area contributed by atoms with Crippen molar-refractivity contribution >= 4 is 33.0 Å². The van der Waals surface area contributed by atoms with Crippen LogP contribution in [0, 0.1) is 16.0 Å². The molecule has 20 heavy (non-hydrogen) atoms. The summed E-state index contributed by atoms with van der Waals surface area (Å²) in [4.78, 5) is 10.5. The van der Waals surface area contributed by atoms with Crippen LogP contribution < -0.4 is 5.32 Å². The van der Waals surface area contributed by atoms with Crippen LogP contribution in [0.25, 0.3) is 0 Å². The third-order valence-electron chi connectivity index (χ3n) is 3.20. The Labute approximate surface area is 122 Å². The van der Waals surface area contributed by atoms with Crippen molar-refractivity contribution in [1.29, 1.82) is 0 Å². The zero-order valence-corrected chi connectivity index (χ0v) is 12.7. The molecule has 1 aliphatic heterocycles. The number of nitro benzene ring substituents is 1. The highest BCUT2D eigenvalue weighted by Gasteiger charge is 2.20. The molecule has 0 spiro atoms. The Morgan fingerprint density at radius 2 is 2.25 bits per heavy atom. The molecular formula is C12H16N2O4S2. The summed E-state index contributed by atoms with van der Waals surface area (Å²) in [7, 11) is -3.44. The summed E-state index contributed by atoms with van der Waals surface area (Å²) in [6.07, 6.45) is 2.14. The fourth-order valence-corrected chi connectivity index (χ4v) is 3.97. The molecule has 110 valence electrons. The third-order valence-corrected chi connectivity index (χ3v) is 5.54. The zero-order chi connectivity index (χ0) is 14.8. The van der Waals surface area contributed by atoms with E-state index in [0.717, 1.165) is 30.2 Å². The van der Waals surface area contributed by atoms with E-state index in [-0.39, 0.29) is 10.6 Å². The maximum absolute atomic E-state index is 11.4. The SMILES string of the molecule is CS(=O)(=O)c1ccc(NCC2CCSC2)c([N+](=O)[O-])c1. The van der Waals surface area contributed by atoms with Crippen LogP contribution in [0.1, 0.15) is 6.42 Å². The molecule has 0 radical (unpaired) electrons. The van der Waals surface area contributed by atoms with Crippen molar-refractivity contribution in [2.45, 2.75) is 11.3 Å². The Kier molecular flexibility index (Phi) is 4.54. The highest BCUT2D eigenvalue weighted by molar-refractivity contribution is 7.99. The van der Waals surface area contributed by atoms with Crippen molar-refractivity contribution < 1.29 is 13.3 Å². The normalized spacial score (nSPS) is 18.9. The molecule has 1 aliphatic rings. The fraction of sp³-hybridized carbons (Fsp3) is 0.500. The third kappa shape index (κ3) is 3.63. The summed E-state index contributed by atoms with van der Waals surface area (Å²) in [5.41, 5.74) is 0.179. The van der Waals surface area contributed by atoms with E-state index in [1.807, 2.05) is 11.8 Å². The lowest BCUT2D eigenvalue weighted by atomic mass is 10.1. The highest BCUT2D eigenvalue weighted by atomic mass is 32.2. The summed E-state index contributed by atoms with van der Waals surface area (Å²) in [5, 5.41) is 14.1. The average Bonchev–Trinajstić information content (AvgIpc) is 2.88. The quantitative estimate of drug-likeness (QED) is 0.661. The first-order valence-corrected chi connectivity index (χ1v) is 9.22. The molecule has 2 rings (SSSR count). The Morgan fingerprint density at radius 3 is 2.80 bits per heavy atom. The summed E-state index contributed by atoms with van der Waals surface area (Å²) in [6.45, 7) is 0.673. The topological polar surface area (TPSA) is 89.3 Å². The lowest BCUT2D eigenvalue weighted by Crippen LogP contribution is -2.14. The van der Waals surface area contributed by atoms with Gasteiger partial charge in [-0.1, -0.05) is 0 Å². The van der Waals surface area contributed by atoms with E-state index >= 15 is 0 Å². The molecular weight excluding hydrogens is 300 g/mol. The second-order valence-electron chi connectivity index (χ2n) is 4.82. The van der Waals surface area contributed by atoms with Crippen LogP contribution in [-0.4, -0.2) is 37.6 Å². The molecule has 1 atom stereocenters. The Balaban J connectivity index is 2.21. The van der Waals surface area contributed by atoms with E-state index in [1.54, 1.807) is 0 Å². The van der Waals surface area contributed by atoms with Gasteiger partial charge in [-0.25, -0.2) is 8.42 Å². The highest BCUT2D eigenvalue weighted by Crippen LogP contribution is 2.29. The first-order chi connectivity index (χ1) is 9.38. The van der Waals surface area contributed by atoms with Crippen LogP contribution in [0.3, 0.4) is 0 Å². The number of nitrogens with one attached hydrogen (secondary N) is 1. The van der Waals surface area contributed by atoms with Gasteiger partial charge in [-0.15, -0.1) is 0 Å². The molecule has 1 N–H and O–H groups in total. The van der Waals surface area contributed by atoms with Gasteiger partial charge in [0.15, 0.2) is 9.84 Å². The fourth-order valence-electron chi connectivity index (χ4n) is 2.04. The van der Waals surface area contributed by atoms with Crippen molar-refractivity contribution in [3.05, 3.63) is 28.3 Å². The molecule has 0 saturated carbocycles. The van der Waals surface area contributed by atoms with E-state index in [9.17, 15) is 18.5 Å². The predicted molar refractivity (Wildman–Crippen MR) is 80.1 cm³/mol. The van der Waals surface area contributed by atoms with Crippen molar-refractivity contribution in [2.24, 2.45) is 5.92 Å². The van der Waals surface area contributed by atoms with Gasteiger partial charge in [0.1, 0.15) is 5.69 Å². The molecule has 0 amide bonds. The van der Waals surface area contributed by atoms with Crippen LogP contribution >= 0.6 is 11.8 Å². The van der Waals surface area contributed by atoms with Crippen LogP contribution in [0.5, 0.6) is 0 Å². The molecule has 0 aliphatic carbocycles. The first-order valence-electron chi connectivity index (χ1n) is 6.18. The van der Waals surface area contributed by atoms with Gasteiger partial charge < -0.3 is 5.32 Å². The van der Waals surface area contributed by atoms with Crippen molar-refractivity contribution in [3.63, 3.8) is 0 Å². The monoisotopic (exact) mass is 316 g/mol. The molecule has 1 aromatic rings. The lowest BCUT2D eigenvalue weighted by molar-refractivity contribution is -0.384. The number of nitrogens with zero attached hydrogens (tertiary/aromatic N) is 1. The number of anilines is 1. The van der Waals surface area contributed by atoms with Gasteiger partial charge in [0.2, 0.25) is 0 Å². The van der Waals surface area contributed by atoms with Gasteiger partial charge in [0, 0.05) is 18.9 Å². The van der Waals surface area contributed by atoms with Crippen molar-refractivity contribution in [3.8, 4) is 0 Å². The minimum Gasteiger partial charge on any atom is -0.379 e. The van der Waals surface area contributed by atoms with Crippen molar-refractivity contribution in [2.75, 3.05) is 29.6 Å². The number of hydrogen-bond acceptors (Lipinski definition) is 6. The number of hydrogen-bond donors (Lipinski definition) is 1. The molecule has 1 unspecified atom stereocenters. The van der Waals surface area contributed by atoms with E-state index in [1.165, 1.54) is 12.1 Å². The first kappa shape index (κ1) is 15.1. The van der Waals surface area contributed by atoms with E-state index in [4.69, 9.17) is 0 Å². The Bertz CT molecular complexity index is 610. The van der Waals surface area contributed by atoms with Gasteiger partial charge in [0.05, 0.1) is 9.82 Å². The number of sulfone groups is 1. The standard InChI is InChI=1S/C12H16N2O4S2/c1-20(17,18)10-2-3-11(12(6-10)14(15)16)13-7-9-4-5-19-8-9/h2-3,6,9,13H,4-5,7-8H2,1H3. The second-order valence-corrected chi connectivity index (χ2v) is 7.98. The number of rotatable bonds is 5. The second kappa shape index (κ2) is 6.01. The number of benzene rings is 1. The minimum absolute atomic E-state index is 0.0360. The van der Waals surface area contributed by atoms with Gasteiger partial charge >= 0.3 is 0 Å². The summed E-state index contributed by atoms with van der Waals surface area (Å²) in [6, 6.07) is 3.98. The molecule has 6 nitrogen and oxygen atoms in total. The van der Waals surface area contributed by atoms with Gasteiger partial charge in [-0.05, 0) is 36.0 Å². The number of nitro groups is 1. The van der Waals surface area contributed by atoms with Gasteiger partial charge in [0.25, 0.3) is 5.69 Å². The van der Waals surface area contributed by atoms with Crippen LogP contribution in [0.15, 0.2) is 23.1 Å². The largest absolute Gasteiger partial charge is 0.379 e. The van der Waals surface area contributed by atoms with Crippen LogP contribution in [-0.2, 0) is 9.84 Å². The minimum atomic E-state index is -3.44. The molecule has 1 fully saturated rings. The van der Waals surface area contributed by atoms with E-state index in [0.29, 0.717) is 18.2 Å². The predicted octanol–water partition coefficient (Wildman–Crippen LogP) is 2.16. The molecule has 1 aromatic carbocycles. The lowest BCUT2D eigenvalue weighted by Gasteiger charge is -2.12. The van der Waals surface area contributed by atoms with Crippen molar-refractivity contribution in [1.82, 2.24) is 0 Å². The Hall–Kier alpha value is -1.28. The molecule has 1 heterocycles. The molecule has 1 saturated heterocycles. The van der Waals surface area contributed by atoms with E-state index in [2.05, 4.69) is 5.32 Å². The van der Waals surface area contributed by atoms with Crippen LogP contribution in [0.4, 0.5) is 11.4 Å². The van der Waals surface area contributed by atoms with E-state index < -0.39 is 14.8 Å².